The molecule has 47 heavy (non-hydrogen) atoms. The molecule has 2 amide bonds. The summed E-state index contributed by atoms with van der Waals surface area (Å²) < 4.78 is 35.1. The molecular weight excluding hydrogens is 614 g/mol. The first-order valence-electron chi connectivity index (χ1n) is 16.1. The number of hydrogen-bond acceptors (Lipinski definition) is 7. The summed E-state index contributed by atoms with van der Waals surface area (Å²) >= 11 is 0. The number of pyridine rings is 1. The molecular formula is C35H45N7O4S. The normalized spacial score (nSPS) is 21.3. The van der Waals surface area contributed by atoms with Crippen molar-refractivity contribution in [2.75, 3.05) is 29.9 Å². The highest BCUT2D eigenvalue weighted by Crippen LogP contribution is 2.42. The van der Waals surface area contributed by atoms with Crippen molar-refractivity contribution in [1.82, 2.24) is 24.8 Å². The van der Waals surface area contributed by atoms with E-state index in [-0.39, 0.29) is 35.0 Å². The first-order chi connectivity index (χ1) is 22.0. The van der Waals surface area contributed by atoms with Crippen LogP contribution in [0.1, 0.15) is 94.6 Å². The minimum atomic E-state index is -3.49. The molecule has 1 aliphatic carbocycles. The van der Waals surface area contributed by atoms with Gasteiger partial charge in [0, 0.05) is 12.2 Å². The largest absolute Gasteiger partial charge is 0.484 e. The van der Waals surface area contributed by atoms with E-state index in [9.17, 15) is 13.2 Å². The number of anilines is 2. The molecule has 1 fully saturated rings. The van der Waals surface area contributed by atoms with Crippen LogP contribution in [0.3, 0.4) is 0 Å². The van der Waals surface area contributed by atoms with Gasteiger partial charge < -0.3 is 15.4 Å². The minimum Gasteiger partial charge on any atom is -0.484 e. The second-order valence-corrected chi connectivity index (χ2v) is 16.6. The Balaban J connectivity index is 1.18. The summed E-state index contributed by atoms with van der Waals surface area (Å²) in [5, 5.41) is 15.0. The lowest BCUT2D eigenvalue weighted by Gasteiger charge is -2.32. The number of benzene rings is 2. The molecule has 2 aliphatic rings. The highest BCUT2D eigenvalue weighted by atomic mass is 32.2. The highest BCUT2D eigenvalue weighted by Gasteiger charge is 2.38. The third kappa shape index (κ3) is 7.38. The second kappa shape index (κ2) is 12.1. The summed E-state index contributed by atoms with van der Waals surface area (Å²) in [5.74, 6) is 1.66. The lowest BCUT2D eigenvalue weighted by atomic mass is 9.85. The summed E-state index contributed by atoms with van der Waals surface area (Å²) in [4.78, 5) is 15.7. The number of sulfonamides is 1. The average Bonchev–Trinajstić information content (AvgIpc) is 3.50. The molecule has 1 saturated heterocycles. The maximum Gasteiger partial charge on any atom is 0.319 e. The Kier molecular flexibility index (Phi) is 8.46. The summed E-state index contributed by atoms with van der Waals surface area (Å²) in [6, 6.07) is 16.8. The van der Waals surface area contributed by atoms with Crippen molar-refractivity contribution >= 4 is 33.1 Å². The maximum atomic E-state index is 13.3. The van der Waals surface area contributed by atoms with Crippen molar-refractivity contribution in [3.63, 3.8) is 0 Å². The van der Waals surface area contributed by atoms with Crippen molar-refractivity contribution < 1.29 is 17.9 Å². The van der Waals surface area contributed by atoms with Crippen LogP contribution in [-0.2, 0) is 15.4 Å². The number of hydrogen-bond donors (Lipinski definition) is 3. The Labute approximate surface area is 277 Å². The Bertz CT molecular complexity index is 1910. The summed E-state index contributed by atoms with van der Waals surface area (Å²) in [5.41, 5.74) is 4.56. The van der Waals surface area contributed by atoms with E-state index in [1.807, 2.05) is 67.8 Å². The van der Waals surface area contributed by atoms with Gasteiger partial charge in [-0.1, -0.05) is 58.9 Å². The zero-order valence-electron chi connectivity index (χ0n) is 28.2. The van der Waals surface area contributed by atoms with Gasteiger partial charge in [-0.05, 0) is 84.2 Å². The van der Waals surface area contributed by atoms with E-state index < -0.39 is 10.0 Å². The predicted molar refractivity (Wildman–Crippen MR) is 184 cm³/mol. The van der Waals surface area contributed by atoms with Gasteiger partial charge in [-0.25, -0.2) is 13.2 Å². The summed E-state index contributed by atoms with van der Waals surface area (Å²) in [6.07, 6.45) is 5.30. The van der Waals surface area contributed by atoms with Gasteiger partial charge in [0.15, 0.2) is 11.5 Å². The van der Waals surface area contributed by atoms with E-state index in [1.165, 1.54) is 0 Å². The van der Waals surface area contributed by atoms with E-state index in [1.54, 1.807) is 12.1 Å². The molecule has 3 heterocycles. The molecule has 6 rings (SSSR count). The van der Waals surface area contributed by atoms with E-state index >= 15 is 0 Å². The molecule has 12 heteroatoms. The van der Waals surface area contributed by atoms with Gasteiger partial charge in [0.1, 0.15) is 11.9 Å². The van der Waals surface area contributed by atoms with Crippen LogP contribution in [0.5, 0.6) is 5.75 Å². The first-order valence-corrected chi connectivity index (χ1v) is 18.0. The van der Waals surface area contributed by atoms with Gasteiger partial charge in [0.25, 0.3) is 0 Å². The lowest BCUT2D eigenvalue weighted by molar-refractivity contribution is 0.171. The van der Waals surface area contributed by atoms with Crippen LogP contribution in [0.25, 0.3) is 5.65 Å². The number of carbonyl (C=O) groups is 1. The number of aromatic nitrogens is 3. The van der Waals surface area contributed by atoms with Crippen molar-refractivity contribution in [1.29, 1.82) is 0 Å². The average molecular weight is 660 g/mol. The number of carbonyl (C=O) groups excluding carboxylic acids is 1. The molecule has 2 aromatic heterocycles. The molecule has 0 spiro atoms. The third-order valence-electron chi connectivity index (χ3n) is 9.03. The molecule has 4 aromatic rings. The van der Waals surface area contributed by atoms with Gasteiger partial charge in [0.2, 0.25) is 10.0 Å². The van der Waals surface area contributed by atoms with Gasteiger partial charge in [-0.15, -0.1) is 10.2 Å². The molecule has 1 aliphatic heterocycles. The Morgan fingerprint density at radius 1 is 1.00 bits per heavy atom. The molecule has 0 bridgehead atoms. The molecule has 0 radical (unpaired) electrons. The van der Waals surface area contributed by atoms with Crippen LogP contribution in [-0.4, -0.2) is 53.8 Å². The SMILES string of the molecule is CN1CC(C)(C)C[C@H]1c1nnc2ccc(O[C@@H]3CC[C@H](NC(=O)Nc4cc(NS(C)(=O)=O)cc(C(C)(C)C)c4)c4ccccc43)cn12. The molecule has 11 nitrogen and oxygen atoms in total. The number of ether oxygens (including phenoxy) is 1. The monoisotopic (exact) mass is 659 g/mol. The standard InChI is InChI=1S/C35H45N7O4S/c1-34(2,3)22-16-23(18-24(17-22)40-47(7,44)45)36-33(43)37-28-13-14-30(27-11-9-8-10-26(27)28)46-25-12-15-31-38-39-32(42(31)20-25)29-19-35(4,5)21-41(29)6/h8-12,15-18,20,28-30,40H,13-14,19,21H2,1-7H3,(H2,36,37,43)/t28-,29-,30+/m0/s1. The molecule has 3 atom stereocenters. The first kappa shape index (κ1) is 32.8. The van der Waals surface area contributed by atoms with Crippen LogP contribution >= 0.6 is 0 Å². The molecule has 250 valence electrons. The Morgan fingerprint density at radius 3 is 2.40 bits per heavy atom. The van der Waals surface area contributed by atoms with Crippen molar-refractivity contribution in [2.45, 2.75) is 77.5 Å². The van der Waals surface area contributed by atoms with Crippen LogP contribution in [0.2, 0.25) is 0 Å². The lowest BCUT2D eigenvalue weighted by Crippen LogP contribution is -2.35. The second-order valence-electron chi connectivity index (χ2n) is 14.8. The Morgan fingerprint density at radius 2 is 1.72 bits per heavy atom. The fraction of sp³-hybridized carbons (Fsp3) is 0.457. The van der Waals surface area contributed by atoms with E-state index in [4.69, 9.17) is 4.74 Å². The fourth-order valence-corrected chi connectivity index (χ4v) is 7.47. The van der Waals surface area contributed by atoms with Crippen LogP contribution in [0, 0.1) is 5.41 Å². The smallest absolute Gasteiger partial charge is 0.319 e. The van der Waals surface area contributed by atoms with E-state index in [0.29, 0.717) is 24.2 Å². The quantitative estimate of drug-likeness (QED) is 0.204. The highest BCUT2D eigenvalue weighted by molar-refractivity contribution is 7.92. The fourth-order valence-electron chi connectivity index (χ4n) is 6.92. The van der Waals surface area contributed by atoms with Crippen molar-refractivity contribution in [3.05, 3.63) is 83.3 Å². The van der Waals surface area contributed by atoms with Crippen molar-refractivity contribution in [3.8, 4) is 5.75 Å². The van der Waals surface area contributed by atoms with Crippen LogP contribution < -0.4 is 20.1 Å². The van der Waals surface area contributed by atoms with Crippen LogP contribution in [0.4, 0.5) is 16.2 Å². The third-order valence-corrected chi connectivity index (χ3v) is 9.64. The topological polar surface area (TPSA) is 130 Å². The number of nitrogens with zero attached hydrogens (tertiary/aromatic N) is 4. The summed E-state index contributed by atoms with van der Waals surface area (Å²) in [6.45, 7) is 11.7. The van der Waals surface area contributed by atoms with Gasteiger partial charge >= 0.3 is 6.03 Å². The number of rotatable bonds is 7. The molecule has 0 unspecified atom stereocenters. The number of urea groups is 1. The molecule has 0 saturated carbocycles. The molecule has 2 aromatic carbocycles. The zero-order chi connectivity index (χ0) is 33.7. The van der Waals surface area contributed by atoms with Gasteiger partial charge in [0.05, 0.1) is 30.2 Å². The predicted octanol–water partition coefficient (Wildman–Crippen LogP) is 6.58. The van der Waals surface area contributed by atoms with Gasteiger partial charge in [-0.3, -0.25) is 14.0 Å². The van der Waals surface area contributed by atoms with E-state index in [0.717, 1.165) is 53.1 Å². The Hall–Kier alpha value is -4.16. The van der Waals surface area contributed by atoms with Crippen LogP contribution in [0.15, 0.2) is 60.8 Å². The zero-order valence-corrected chi connectivity index (χ0v) is 29.0. The number of nitrogens with one attached hydrogen (secondary N) is 3. The molecule has 3 N–H and O–H groups in total. The number of fused-ring (bicyclic) bond motifs is 2. The van der Waals surface area contributed by atoms with Gasteiger partial charge in [-0.2, -0.15) is 0 Å². The van der Waals surface area contributed by atoms with E-state index in [2.05, 4.69) is 57.4 Å². The number of likely N-dealkylation sites (tertiary alicyclic amines) is 1. The van der Waals surface area contributed by atoms with Crippen molar-refractivity contribution in [2.24, 2.45) is 5.41 Å². The maximum absolute atomic E-state index is 13.3. The number of amides is 2. The summed E-state index contributed by atoms with van der Waals surface area (Å²) in [7, 11) is -1.35. The minimum absolute atomic E-state index is 0.183.